The first-order chi connectivity index (χ1) is 15.7. The van der Waals surface area contributed by atoms with Crippen molar-refractivity contribution in [3.05, 3.63) is 85.9 Å². The first-order valence-electron chi connectivity index (χ1n) is 10.2. The average Bonchev–Trinajstić information content (AvgIpc) is 3.25. The van der Waals surface area contributed by atoms with Gasteiger partial charge in [-0.2, -0.15) is 0 Å². The number of benzene rings is 2. The van der Waals surface area contributed by atoms with Gasteiger partial charge in [-0.3, -0.25) is 19.0 Å². The minimum absolute atomic E-state index is 0.190. The lowest BCUT2D eigenvalue weighted by atomic mass is 10.1. The molecule has 0 spiro atoms. The smallest absolute Gasteiger partial charge is 0.326 e. The van der Waals surface area contributed by atoms with E-state index in [1.807, 2.05) is 26.0 Å². The van der Waals surface area contributed by atoms with E-state index in [2.05, 4.69) is 10.6 Å². The second kappa shape index (κ2) is 8.87. The summed E-state index contributed by atoms with van der Waals surface area (Å²) in [7, 11) is 0. The van der Waals surface area contributed by atoms with Crippen LogP contribution in [0.5, 0.6) is 0 Å². The molecule has 4 rings (SSSR count). The Kier molecular flexibility index (Phi) is 5.97. The number of carbonyl (C=O) groups is 2. The van der Waals surface area contributed by atoms with Crippen molar-refractivity contribution in [3.63, 3.8) is 0 Å². The molecule has 0 fully saturated rings. The van der Waals surface area contributed by atoms with Gasteiger partial charge in [0.2, 0.25) is 11.8 Å². The molecule has 0 bridgehead atoms. The molecule has 0 saturated carbocycles. The van der Waals surface area contributed by atoms with E-state index in [0.29, 0.717) is 27.3 Å². The molecular formula is C24H22N4O4S. The predicted molar refractivity (Wildman–Crippen MR) is 131 cm³/mol. The van der Waals surface area contributed by atoms with Crippen LogP contribution in [0, 0.1) is 13.8 Å². The molecule has 33 heavy (non-hydrogen) atoms. The highest BCUT2D eigenvalue weighted by atomic mass is 32.1. The molecule has 2 N–H and O–H groups in total. The maximum absolute atomic E-state index is 13.4. The third-order valence-electron chi connectivity index (χ3n) is 5.15. The van der Waals surface area contributed by atoms with Crippen LogP contribution in [0.4, 0.5) is 11.4 Å². The zero-order valence-corrected chi connectivity index (χ0v) is 19.2. The van der Waals surface area contributed by atoms with Crippen LogP contribution in [-0.2, 0) is 16.1 Å². The van der Waals surface area contributed by atoms with Crippen LogP contribution in [0.3, 0.4) is 0 Å². The number of rotatable bonds is 5. The fourth-order valence-electron chi connectivity index (χ4n) is 3.60. The molecule has 2 amide bonds. The molecule has 9 heteroatoms. The second-order valence-electron chi connectivity index (χ2n) is 7.74. The number of amides is 2. The molecule has 2 aromatic carbocycles. The van der Waals surface area contributed by atoms with E-state index < -0.39 is 17.2 Å². The fourth-order valence-corrected chi connectivity index (χ4v) is 4.42. The van der Waals surface area contributed by atoms with E-state index in [1.165, 1.54) is 22.8 Å². The van der Waals surface area contributed by atoms with Crippen molar-refractivity contribution in [2.45, 2.75) is 27.3 Å². The monoisotopic (exact) mass is 462 g/mol. The van der Waals surface area contributed by atoms with Crippen molar-refractivity contribution in [1.29, 1.82) is 0 Å². The van der Waals surface area contributed by atoms with Crippen LogP contribution in [0.1, 0.15) is 18.1 Å². The molecule has 168 valence electrons. The summed E-state index contributed by atoms with van der Waals surface area (Å²) >= 11 is 1.23. The predicted octanol–water partition coefficient (Wildman–Crippen LogP) is 3.43. The van der Waals surface area contributed by atoms with E-state index in [4.69, 9.17) is 0 Å². The highest BCUT2D eigenvalue weighted by Crippen LogP contribution is 2.19. The van der Waals surface area contributed by atoms with Crippen molar-refractivity contribution in [3.8, 4) is 5.69 Å². The minimum Gasteiger partial charge on any atom is -0.326 e. The highest BCUT2D eigenvalue weighted by molar-refractivity contribution is 7.17. The first-order valence-corrected chi connectivity index (χ1v) is 11.1. The number of aromatic nitrogens is 2. The number of nitrogens with one attached hydrogen (secondary N) is 2. The topological polar surface area (TPSA) is 102 Å². The number of hydrogen-bond donors (Lipinski definition) is 2. The Morgan fingerprint density at radius 1 is 0.939 bits per heavy atom. The van der Waals surface area contributed by atoms with Gasteiger partial charge in [0.1, 0.15) is 11.2 Å². The standard InChI is InChI=1S/C24H22N4O4S/c1-14-4-5-15(2)20(12-14)28-23(31)22-19(10-11-33-22)27(24(28)32)13-21(30)26-18-8-6-17(7-9-18)25-16(3)29/h4-12H,13H2,1-3H3,(H,25,29)(H,26,30). The molecule has 2 heterocycles. The lowest BCUT2D eigenvalue weighted by Gasteiger charge is -2.14. The van der Waals surface area contributed by atoms with Gasteiger partial charge in [0.15, 0.2) is 0 Å². The Labute approximate surface area is 193 Å². The number of fused-ring (bicyclic) bond motifs is 1. The van der Waals surface area contributed by atoms with E-state index >= 15 is 0 Å². The molecular weight excluding hydrogens is 440 g/mol. The van der Waals surface area contributed by atoms with Gasteiger partial charge in [0.05, 0.1) is 11.2 Å². The maximum atomic E-state index is 13.4. The van der Waals surface area contributed by atoms with Gasteiger partial charge in [0, 0.05) is 18.3 Å². The number of aryl methyl sites for hydroxylation is 2. The number of nitrogens with zero attached hydrogens (tertiary/aromatic N) is 2. The number of thiophene rings is 1. The van der Waals surface area contributed by atoms with Crippen LogP contribution in [0.2, 0.25) is 0 Å². The van der Waals surface area contributed by atoms with Crippen molar-refractivity contribution < 1.29 is 9.59 Å². The average molecular weight is 463 g/mol. The zero-order valence-electron chi connectivity index (χ0n) is 18.3. The minimum atomic E-state index is -0.573. The summed E-state index contributed by atoms with van der Waals surface area (Å²) in [6, 6.07) is 13.9. The largest absolute Gasteiger partial charge is 0.336 e. The highest BCUT2D eigenvalue weighted by Gasteiger charge is 2.18. The third-order valence-corrected chi connectivity index (χ3v) is 6.04. The summed E-state index contributed by atoms with van der Waals surface area (Å²) in [5, 5.41) is 7.14. The van der Waals surface area contributed by atoms with E-state index in [9.17, 15) is 19.2 Å². The van der Waals surface area contributed by atoms with Crippen LogP contribution < -0.4 is 21.9 Å². The molecule has 0 aliphatic heterocycles. The van der Waals surface area contributed by atoms with Gasteiger partial charge >= 0.3 is 5.69 Å². The summed E-state index contributed by atoms with van der Waals surface area (Å²) in [6.45, 7) is 4.88. The van der Waals surface area contributed by atoms with Crippen LogP contribution in [0.15, 0.2) is 63.5 Å². The first kappa shape index (κ1) is 22.2. The van der Waals surface area contributed by atoms with Gasteiger partial charge in [0.25, 0.3) is 5.56 Å². The molecule has 0 aliphatic carbocycles. The van der Waals surface area contributed by atoms with Gasteiger partial charge in [-0.25, -0.2) is 9.36 Å². The molecule has 0 aliphatic rings. The number of hydrogen-bond acceptors (Lipinski definition) is 5. The lowest BCUT2D eigenvalue weighted by molar-refractivity contribution is -0.117. The Morgan fingerprint density at radius 3 is 2.27 bits per heavy atom. The van der Waals surface area contributed by atoms with Gasteiger partial charge in [-0.15, -0.1) is 11.3 Å². The van der Waals surface area contributed by atoms with Crippen LogP contribution in [-0.4, -0.2) is 20.9 Å². The summed E-state index contributed by atoms with van der Waals surface area (Å²) in [6.07, 6.45) is 0. The Hall–Kier alpha value is -3.98. The Bertz CT molecular complexity index is 1500. The number of carbonyl (C=O) groups excluding carboxylic acids is 2. The molecule has 0 atom stereocenters. The Morgan fingerprint density at radius 2 is 1.61 bits per heavy atom. The quantitative estimate of drug-likeness (QED) is 0.474. The van der Waals surface area contributed by atoms with Crippen molar-refractivity contribution >= 4 is 44.7 Å². The van der Waals surface area contributed by atoms with Crippen molar-refractivity contribution in [2.24, 2.45) is 0 Å². The summed E-state index contributed by atoms with van der Waals surface area (Å²) in [5.74, 6) is -0.604. The van der Waals surface area contributed by atoms with Crippen molar-refractivity contribution in [2.75, 3.05) is 10.6 Å². The van der Waals surface area contributed by atoms with Gasteiger partial charge in [-0.05, 0) is 66.8 Å². The fraction of sp³-hybridized carbons (Fsp3) is 0.167. The molecule has 0 radical (unpaired) electrons. The molecule has 2 aromatic heterocycles. The molecule has 0 saturated heterocycles. The second-order valence-corrected chi connectivity index (χ2v) is 8.66. The van der Waals surface area contributed by atoms with Crippen LogP contribution >= 0.6 is 11.3 Å². The number of anilines is 2. The Balaban J connectivity index is 1.71. The molecule has 8 nitrogen and oxygen atoms in total. The maximum Gasteiger partial charge on any atom is 0.336 e. The van der Waals surface area contributed by atoms with Crippen LogP contribution in [0.25, 0.3) is 15.9 Å². The summed E-state index contributed by atoms with van der Waals surface area (Å²) < 4.78 is 2.86. The van der Waals surface area contributed by atoms with E-state index in [0.717, 1.165) is 15.7 Å². The van der Waals surface area contributed by atoms with E-state index in [1.54, 1.807) is 41.8 Å². The zero-order chi connectivity index (χ0) is 23.7. The lowest BCUT2D eigenvalue weighted by Crippen LogP contribution is -2.40. The van der Waals surface area contributed by atoms with Gasteiger partial charge < -0.3 is 10.6 Å². The van der Waals surface area contributed by atoms with Gasteiger partial charge in [-0.1, -0.05) is 12.1 Å². The third kappa shape index (κ3) is 4.49. The summed E-state index contributed by atoms with van der Waals surface area (Å²) in [5.41, 5.74) is 2.78. The normalized spacial score (nSPS) is 10.9. The summed E-state index contributed by atoms with van der Waals surface area (Å²) in [4.78, 5) is 50.5. The SMILES string of the molecule is CC(=O)Nc1ccc(NC(=O)Cn2c(=O)n(-c3cc(C)ccc3C)c(=O)c3sccc32)cc1. The molecule has 4 aromatic rings. The molecule has 0 unspecified atom stereocenters. The van der Waals surface area contributed by atoms with Crippen molar-refractivity contribution in [1.82, 2.24) is 9.13 Å². The van der Waals surface area contributed by atoms with E-state index in [-0.39, 0.29) is 12.5 Å².